The third-order valence-corrected chi connectivity index (χ3v) is 2.26. The molecule has 0 aliphatic rings. The smallest absolute Gasteiger partial charge is 0.220 e. The highest BCUT2D eigenvalue weighted by Gasteiger charge is 1.92. The Morgan fingerprint density at radius 1 is 1.12 bits per heavy atom. The maximum atomic E-state index is 5.49. The molecule has 0 spiro atoms. The molecule has 0 radical (unpaired) electrons. The lowest BCUT2D eigenvalue weighted by atomic mass is 10.2. The van der Waals surface area contributed by atoms with Crippen molar-refractivity contribution in [3.05, 3.63) is 47.8 Å². The van der Waals surface area contributed by atoms with Gasteiger partial charge in [-0.1, -0.05) is 18.2 Å². The van der Waals surface area contributed by atoms with E-state index in [1.807, 2.05) is 36.4 Å². The molecule has 4 heteroatoms. The lowest BCUT2D eigenvalue weighted by molar-refractivity contribution is 0.415. The molecule has 1 aromatic carbocycles. The van der Waals surface area contributed by atoms with Gasteiger partial charge in [0.25, 0.3) is 0 Å². The molecule has 0 amide bonds. The number of hydrogen-bond acceptors (Lipinski definition) is 4. The van der Waals surface area contributed by atoms with Gasteiger partial charge in [-0.25, -0.2) is 9.97 Å². The summed E-state index contributed by atoms with van der Waals surface area (Å²) >= 11 is 0. The van der Waals surface area contributed by atoms with E-state index in [2.05, 4.69) is 9.97 Å². The fourth-order valence-corrected chi connectivity index (χ4v) is 1.38. The molecule has 0 bridgehead atoms. The number of benzene rings is 1. The van der Waals surface area contributed by atoms with Crippen molar-refractivity contribution >= 4 is 18.1 Å². The van der Waals surface area contributed by atoms with Crippen molar-refractivity contribution in [2.45, 2.75) is 0 Å². The fraction of sp³-hybridized carbons (Fsp3) is 0.0769. The summed E-state index contributed by atoms with van der Waals surface area (Å²) in [4.78, 5) is 7.91. The second-order valence-corrected chi connectivity index (χ2v) is 3.45. The predicted molar refractivity (Wildman–Crippen MR) is 68.4 cm³/mol. The summed E-state index contributed by atoms with van der Waals surface area (Å²) in [5.74, 6) is 1.12. The highest BCUT2D eigenvalue weighted by molar-refractivity contribution is 5.68. The summed E-state index contributed by atoms with van der Waals surface area (Å²) in [7, 11) is 1.65. The first-order chi connectivity index (χ1) is 8.28. The van der Waals surface area contributed by atoms with Crippen LogP contribution in [0.1, 0.15) is 11.3 Å². The number of anilines is 1. The number of rotatable bonds is 3. The molecule has 2 N–H and O–H groups in total. The largest absolute Gasteiger partial charge is 0.497 e. The molecular weight excluding hydrogens is 214 g/mol. The van der Waals surface area contributed by atoms with Gasteiger partial charge in [0.15, 0.2) is 0 Å². The molecule has 0 saturated carbocycles. The number of nitrogen functional groups attached to an aromatic ring is 1. The number of hydrogen-bond donors (Lipinski definition) is 1. The highest BCUT2D eigenvalue weighted by atomic mass is 16.5. The van der Waals surface area contributed by atoms with Gasteiger partial charge in [0.2, 0.25) is 5.95 Å². The molecule has 86 valence electrons. The zero-order valence-electron chi connectivity index (χ0n) is 9.50. The molecule has 0 atom stereocenters. The number of nitrogens with two attached hydrogens (primary N) is 1. The van der Waals surface area contributed by atoms with Gasteiger partial charge < -0.3 is 10.5 Å². The minimum absolute atomic E-state index is 0.280. The van der Waals surface area contributed by atoms with Gasteiger partial charge in [0.05, 0.1) is 12.8 Å². The molecule has 0 aliphatic carbocycles. The number of methoxy groups -OCH3 is 1. The predicted octanol–water partition coefficient (Wildman–Crippen LogP) is 2.24. The molecule has 0 saturated heterocycles. The second kappa shape index (κ2) is 5.12. The Labute approximate surface area is 99.8 Å². The van der Waals surface area contributed by atoms with Crippen molar-refractivity contribution in [1.82, 2.24) is 9.97 Å². The first-order valence-electron chi connectivity index (χ1n) is 5.18. The lowest BCUT2D eigenvalue weighted by Crippen LogP contribution is -1.94. The van der Waals surface area contributed by atoms with Crippen LogP contribution >= 0.6 is 0 Å². The van der Waals surface area contributed by atoms with Crippen LogP contribution in [0.4, 0.5) is 5.95 Å². The Morgan fingerprint density at radius 2 is 1.88 bits per heavy atom. The van der Waals surface area contributed by atoms with Gasteiger partial charge in [0.1, 0.15) is 5.75 Å². The molecule has 2 rings (SSSR count). The topological polar surface area (TPSA) is 61.0 Å². The van der Waals surface area contributed by atoms with E-state index in [1.54, 1.807) is 19.4 Å². The standard InChI is InChI=1S/C13H13N3O/c1-17-12-6-3-10(4-7-12)2-5-11-8-9-15-13(14)16-11/h2-9H,1H3,(H2,14,15,16)/b5-2+. The van der Waals surface area contributed by atoms with Gasteiger partial charge in [-0.05, 0) is 29.8 Å². The van der Waals surface area contributed by atoms with Crippen LogP contribution in [-0.2, 0) is 0 Å². The number of ether oxygens (including phenoxy) is 1. The Bertz CT molecular complexity index is 520. The summed E-state index contributed by atoms with van der Waals surface area (Å²) in [6.45, 7) is 0. The SMILES string of the molecule is COc1ccc(/C=C/c2ccnc(N)n2)cc1. The summed E-state index contributed by atoms with van der Waals surface area (Å²) in [6, 6.07) is 9.57. The van der Waals surface area contributed by atoms with Crippen molar-refractivity contribution in [2.75, 3.05) is 12.8 Å². The first kappa shape index (κ1) is 11.1. The number of nitrogens with zero attached hydrogens (tertiary/aromatic N) is 2. The maximum Gasteiger partial charge on any atom is 0.220 e. The molecule has 0 fully saturated rings. The molecule has 4 nitrogen and oxygen atoms in total. The third-order valence-electron chi connectivity index (χ3n) is 2.26. The zero-order valence-corrected chi connectivity index (χ0v) is 9.50. The van der Waals surface area contributed by atoms with Crippen molar-refractivity contribution in [2.24, 2.45) is 0 Å². The van der Waals surface area contributed by atoms with Crippen LogP contribution in [-0.4, -0.2) is 17.1 Å². The zero-order chi connectivity index (χ0) is 12.1. The molecule has 0 unspecified atom stereocenters. The molecule has 17 heavy (non-hydrogen) atoms. The van der Waals surface area contributed by atoms with Crippen LogP contribution in [0.25, 0.3) is 12.2 Å². The Morgan fingerprint density at radius 3 is 2.53 bits per heavy atom. The second-order valence-electron chi connectivity index (χ2n) is 3.45. The normalized spacial score (nSPS) is 10.6. The molecule has 1 heterocycles. The van der Waals surface area contributed by atoms with E-state index in [4.69, 9.17) is 10.5 Å². The fourth-order valence-electron chi connectivity index (χ4n) is 1.38. The number of aromatic nitrogens is 2. The van der Waals surface area contributed by atoms with E-state index in [1.165, 1.54) is 0 Å². The Kier molecular flexibility index (Phi) is 3.35. The summed E-state index contributed by atoms with van der Waals surface area (Å²) in [5, 5.41) is 0. The molecule has 2 aromatic rings. The van der Waals surface area contributed by atoms with Crippen molar-refractivity contribution in [3.8, 4) is 5.75 Å². The van der Waals surface area contributed by atoms with Crippen LogP contribution in [0.2, 0.25) is 0 Å². The van der Waals surface area contributed by atoms with Crippen LogP contribution < -0.4 is 10.5 Å². The van der Waals surface area contributed by atoms with Crippen LogP contribution in [0.3, 0.4) is 0 Å². The molecule has 1 aromatic heterocycles. The van der Waals surface area contributed by atoms with E-state index in [-0.39, 0.29) is 5.95 Å². The van der Waals surface area contributed by atoms with Gasteiger partial charge in [0, 0.05) is 6.20 Å². The Balaban J connectivity index is 2.14. The average Bonchev–Trinajstić information content (AvgIpc) is 2.37. The van der Waals surface area contributed by atoms with Crippen molar-refractivity contribution < 1.29 is 4.74 Å². The average molecular weight is 227 g/mol. The van der Waals surface area contributed by atoms with Gasteiger partial charge in [-0.2, -0.15) is 0 Å². The summed E-state index contributed by atoms with van der Waals surface area (Å²) in [6.07, 6.45) is 5.48. The van der Waals surface area contributed by atoms with Crippen molar-refractivity contribution in [3.63, 3.8) is 0 Å². The molecular formula is C13H13N3O. The van der Waals surface area contributed by atoms with Crippen LogP contribution in [0, 0.1) is 0 Å². The summed E-state index contributed by atoms with van der Waals surface area (Å²) < 4.78 is 5.09. The lowest BCUT2D eigenvalue weighted by Gasteiger charge is -1.99. The first-order valence-corrected chi connectivity index (χ1v) is 5.18. The minimum atomic E-state index is 0.280. The van der Waals surface area contributed by atoms with E-state index < -0.39 is 0 Å². The monoisotopic (exact) mass is 227 g/mol. The van der Waals surface area contributed by atoms with Gasteiger partial charge in [-0.3, -0.25) is 0 Å². The molecule has 0 aliphatic heterocycles. The summed E-state index contributed by atoms with van der Waals surface area (Å²) in [5.41, 5.74) is 7.35. The van der Waals surface area contributed by atoms with E-state index >= 15 is 0 Å². The van der Waals surface area contributed by atoms with E-state index in [9.17, 15) is 0 Å². The quantitative estimate of drug-likeness (QED) is 0.873. The van der Waals surface area contributed by atoms with Gasteiger partial charge in [-0.15, -0.1) is 0 Å². The van der Waals surface area contributed by atoms with E-state index in [0.29, 0.717) is 0 Å². The van der Waals surface area contributed by atoms with Crippen LogP contribution in [0.15, 0.2) is 36.5 Å². The maximum absolute atomic E-state index is 5.49. The highest BCUT2D eigenvalue weighted by Crippen LogP contribution is 2.13. The third kappa shape index (κ3) is 3.04. The van der Waals surface area contributed by atoms with Crippen LogP contribution in [0.5, 0.6) is 5.75 Å². The van der Waals surface area contributed by atoms with Gasteiger partial charge >= 0.3 is 0 Å². The van der Waals surface area contributed by atoms with E-state index in [0.717, 1.165) is 17.0 Å². The Hall–Kier alpha value is -2.36. The minimum Gasteiger partial charge on any atom is -0.497 e. The van der Waals surface area contributed by atoms with Crippen molar-refractivity contribution in [1.29, 1.82) is 0 Å².